The maximum Gasteiger partial charge on any atom is 0.134 e. The van der Waals surface area contributed by atoms with Crippen LogP contribution in [0.15, 0.2) is 23.7 Å². The molecule has 90 valence electrons. The van der Waals surface area contributed by atoms with E-state index in [0.717, 1.165) is 25.5 Å². The summed E-state index contributed by atoms with van der Waals surface area (Å²) in [5.41, 5.74) is 0. The van der Waals surface area contributed by atoms with Crippen molar-refractivity contribution in [1.29, 1.82) is 0 Å². The molecule has 2 atom stereocenters. The number of anilines is 1. The quantitative estimate of drug-likeness (QED) is 0.906. The van der Waals surface area contributed by atoms with Crippen LogP contribution in [0.2, 0.25) is 0 Å². The Labute approximate surface area is 105 Å². The molecule has 17 heavy (non-hydrogen) atoms. The zero-order valence-electron chi connectivity index (χ0n) is 9.85. The number of aromatic nitrogens is 1. The number of ether oxygens (including phenoxy) is 1. The summed E-state index contributed by atoms with van der Waals surface area (Å²) in [5, 5.41) is 6.87. The van der Waals surface area contributed by atoms with Crippen LogP contribution in [0.3, 0.4) is 0 Å². The fraction of sp³-hybridized carbons (Fsp3) is 0.462. The highest BCUT2D eigenvalue weighted by molar-refractivity contribution is 7.17. The van der Waals surface area contributed by atoms with Gasteiger partial charge in [-0.15, -0.1) is 11.3 Å². The van der Waals surface area contributed by atoms with Crippen LogP contribution in [0.1, 0.15) is 13.3 Å². The molecule has 0 saturated carbocycles. The lowest BCUT2D eigenvalue weighted by Crippen LogP contribution is -2.26. The summed E-state index contributed by atoms with van der Waals surface area (Å²) < 4.78 is 6.72. The Bertz CT molecular complexity index is 505. The molecule has 3 nitrogen and oxygen atoms in total. The molecule has 2 aromatic heterocycles. The topological polar surface area (TPSA) is 34.2 Å². The van der Waals surface area contributed by atoms with Gasteiger partial charge in [-0.2, -0.15) is 0 Å². The summed E-state index contributed by atoms with van der Waals surface area (Å²) in [6, 6.07) is 4.61. The number of fused-ring (bicyclic) bond motifs is 1. The van der Waals surface area contributed by atoms with E-state index < -0.39 is 0 Å². The van der Waals surface area contributed by atoms with E-state index in [2.05, 4.69) is 34.7 Å². The molecule has 1 saturated heterocycles. The zero-order valence-corrected chi connectivity index (χ0v) is 10.7. The van der Waals surface area contributed by atoms with E-state index in [9.17, 15) is 0 Å². The highest BCUT2D eigenvalue weighted by Crippen LogP contribution is 2.27. The summed E-state index contributed by atoms with van der Waals surface area (Å²) in [6.45, 7) is 3.98. The number of rotatable bonds is 3. The monoisotopic (exact) mass is 248 g/mol. The summed E-state index contributed by atoms with van der Waals surface area (Å²) in [4.78, 5) is 4.45. The molecule has 3 rings (SSSR count). The second-order valence-electron chi connectivity index (χ2n) is 4.55. The Balaban J connectivity index is 1.81. The molecule has 1 aliphatic heterocycles. The molecule has 2 aromatic rings. The Hall–Kier alpha value is -1.13. The SMILES string of the molecule is CC(Nc1nccc2sccc12)C1CCOC1. The van der Waals surface area contributed by atoms with Crippen LogP contribution in [0.4, 0.5) is 5.82 Å². The predicted octanol–water partition coefficient (Wildman–Crippen LogP) is 3.13. The van der Waals surface area contributed by atoms with Crippen LogP contribution in [-0.2, 0) is 4.74 Å². The maximum absolute atomic E-state index is 5.43. The molecule has 1 fully saturated rings. The third kappa shape index (κ3) is 2.15. The average Bonchev–Trinajstić information content (AvgIpc) is 3.00. The summed E-state index contributed by atoms with van der Waals surface area (Å²) in [6.07, 6.45) is 3.02. The molecule has 2 unspecified atom stereocenters. The van der Waals surface area contributed by atoms with Gasteiger partial charge >= 0.3 is 0 Å². The molecule has 4 heteroatoms. The van der Waals surface area contributed by atoms with Gasteiger partial charge < -0.3 is 10.1 Å². The lowest BCUT2D eigenvalue weighted by molar-refractivity contribution is 0.183. The van der Waals surface area contributed by atoms with Gasteiger partial charge in [0.1, 0.15) is 5.82 Å². The van der Waals surface area contributed by atoms with E-state index in [1.165, 1.54) is 10.1 Å². The first-order chi connectivity index (χ1) is 8.34. The lowest BCUT2D eigenvalue weighted by atomic mass is 10.0. The van der Waals surface area contributed by atoms with Crippen LogP contribution in [-0.4, -0.2) is 24.2 Å². The number of hydrogen-bond acceptors (Lipinski definition) is 4. The van der Waals surface area contributed by atoms with Gasteiger partial charge in [0.2, 0.25) is 0 Å². The number of thiophene rings is 1. The molecule has 0 spiro atoms. The zero-order chi connectivity index (χ0) is 11.7. The molecule has 0 amide bonds. The minimum atomic E-state index is 0.413. The van der Waals surface area contributed by atoms with Crippen molar-refractivity contribution in [1.82, 2.24) is 4.98 Å². The summed E-state index contributed by atoms with van der Waals surface area (Å²) in [5.74, 6) is 1.61. The van der Waals surface area contributed by atoms with Crippen molar-refractivity contribution in [2.75, 3.05) is 18.5 Å². The minimum absolute atomic E-state index is 0.413. The molecular formula is C13H16N2OS. The molecule has 3 heterocycles. The van der Waals surface area contributed by atoms with E-state index >= 15 is 0 Å². The molecule has 0 radical (unpaired) electrons. The Kier molecular flexibility index (Phi) is 2.99. The van der Waals surface area contributed by atoms with E-state index in [-0.39, 0.29) is 0 Å². The van der Waals surface area contributed by atoms with E-state index in [0.29, 0.717) is 12.0 Å². The maximum atomic E-state index is 5.43. The highest BCUT2D eigenvalue weighted by Gasteiger charge is 2.22. The smallest absolute Gasteiger partial charge is 0.134 e. The second kappa shape index (κ2) is 4.63. The first-order valence-corrected chi connectivity index (χ1v) is 6.89. The van der Waals surface area contributed by atoms with Crippen LogP contribution < -0.4 is 5.32 Å². The molecule has 0 bridgehead atoms. The van der Waals surface area contributed by atoms with Gasteiger partial charge in [-0.25, -0.2) is 4.98 Å². The van der Waals surface area contributed by atoms with E-state index in [1.54, 1.807) is 11.3 Å². The third-order valence-electron chi connectivity index (χ3n) is 3.42. The Morgan fingerprint density at radius 2 is 2.47 bits per heavy atom. The fourth-order valence-corrected chi connectivity index (χ4v) is 3.07. The Morgan fingerprint density at radius 1 is 1.53 bits per heavy atom. The van der Waals surface area contributed by atoms with Crippen LogP contribution in [0.25, 0.3) is 10.1 Å². The first kappa shape index (κ1) is 11.0. The van der Waals surface area contributed by atoms with Crippen molar-refractivity contribution >= 4 is 27.2 Å². The van der Waals surface area contributed by atoms with E-state index in [4.69, 9.17) is 4.74 Å². The predicted molar refractivity (Wildman–Crippen MR) is 71.6 cm³/mol. The van der Waals surface area contributed by atoms with Crippen molar-refractivity contribution < 1.29 is 4.74 Å². The number of nitrogens with zero attached hydrogens (tertiary/aromatic N) is 1. The van der Waals surface area contributed by atoms with Crippen LogP contribution in [0.5, 0.6) is 0 Å². The van der Waals surface area contributed by atoms with Crippen LogP contribution >= 0.6 is 11.3 Å². The minimum Gasteiger partial charge on any atom is -0.381 e. The Morgan fingerprint density at radius 3 is 3.29 bits per heavy atom. The summed E-state index contributed by atoms with van der Waals surface area (Å²) >= 11 is 1.76. The summed E-state index contributed by atoms with van der Waals surface area (Å²) in [7, 11) is 0. The number of pyridine rings is 1. The molecule has 0 aromatic carbocycles. The van der Waals surface area contributed by atoms with Crippen molar-refractivity contribution in [2.45, 2.75) is 19.4 Å². The fourth-order valence-electron chi connectivity index (χ4n) is 2.29. The molecule has 1 N–H and O–H groups in total. The van der Waals surface area contributed by atoms with Gasteiger partial charge in [0.25, 0.3) is 0 Å². The van der Waals surface area contributed by atoms with Crippen molar-refractivity contribution in [3.05, 3.63) is 23.7 Å². The molecular weight excluding hydrogens is 232 g/mol. The average molecular weight is 248 g/mol. The number of hydrogen-bond donors (Lipinski definition) is 1. The largest absolute Gasteiger partial charge is 0.381 e. The second-order valence-corrected chi connectivity index (χ2v) is 5.50. The van der Waals surface area contributed by atoms with Gasteiger partial charge in [-0.3, -0.25) is 0 Å². The van der Waals surface area contributed by atoms with Gasteiger partial charge in [0, 0.05) is 34.8 Å². The van der Waals surface area contributed by atoms with Gasteiger partial charge in [0.15, 0.2) is 0 Å². The van der Waals surface area contributed by atoms with E-state index in [1.807, 2.05) is 6.20 Å². The standard InChI is InChI=1S/C13H16N2OS/c1-9(10-3-6-16-8-10)15-13-11-4-7-17-12(11)2-5-14-13/h2,4-5,7,9-10H,3,6,8H2,1H3,(H,14,15). The first-order valence-electron chi connectivity index (χ1n) is 6.01. The molecule has 0 aliphatic carbocycles. The van der Waals surface area contributed by atoms with Gasteiger partial charge in [-0.1, -0.05) is 0 Å². The van der Waals surface area contributed by atoms with Crippen LogP contribution in [0, 0.1) is 5.92 Å². The third-order valence-corrected chi connectivity index (χ3v) is 4.30. The normalized spacial score (nSPS) is 21.8. The van der Waals surface area contributed by atoms with Crippen molar-refractivity contribution in [2.24, 2.45) is 5.92 Å². The lowest BCUT2D eigenvalue weighted by Gasteiger charge is -2.20. The molecule has 1 aliphatic rings. The van der Waals surface area contributed by atoms with Crippen molar-refractivity contribution in [3.63, 3.8) is 0 Å². The van der Waals surface area contributed by atoms with Gasteiger partial charge in [-0.05, 0) is 30.9 Å². The van der Waals surface area contributed by atoms with Gasteiger partial charge in [0.05, 0.1) is 6.61 Å². The van der Waals surface area contributed by atoms with Crippen molar-refractivity contribution in [3.8, 4) is 0 Å². The highest BCUT2D eigenvalue weighted by atomic mass is 32.1. The number of nitrogens with one attached hydrogen (secondary N) is 1.